The third-order valence-electron chi connectivity index (χ3n) is 7.15. The third-order valence-corrected chi connectivity index (χ3v) is 7.15. The van der Waals surface area contributed by atoms with Crippen LogP contribution in [0.25, 0.3) is 0 Å². The summed E-state index contributed by atoms with van der Waals surface area (Å²) in [5.74, 6) is 0.909. The molecule has 0 unspecified atom stereocenters. The van der Waals surface area contributed by atoms with Crippen LogP contribution in [0.1, 0.15) is 53.7 Å². The van der Waals surface area contributed by atoms with Gasteiger partial charge in [-0.2, -0.15) is 0 Å². The molecule has 32 heavy (non-hydrogen) atoms. The van der Waals surface area contributed by atoms with Crippen molar-refractivity contribution >= 4 is 5.91 Å². The molecule has 172 valence electrons. The number of amides is 1. The number of pyridine rings is 1. The predicted octanol–water partition coefficient (Wildman–Crippen LogP) is 3.67. The molecule has 0 atom stereocenters. The molecule has 0 spiro atoms. The number of piperidine rings is 1. The second-order valence-electron chi connectivity index (χ2n) is 9.28. The van der Waals surface area contributed by atoms with E-state index in [1.807, 2.05) is 36.1 Å². The molecule has 1 amide bonds. The first-order chi connectivity index (χ1) is 15.6. The number of hydrogen-bond donors (Lipinski definition) is 1. The minimum atomic E-state index is 0.0146. The summed E-state index contributed by atoms with van der Waals surface area (Å²) < 4.78 is 6.18. The number of rotatable bonds is 2. The molecular formula is C26H35N3O3. The summed E-state index contributed by atoms with van der Waals surface area (Å²) in [6, 6.07) is 11.9. The molecule has 2 bridgehead atoms. The molecule has 1 aromatic carbocycles. The molecule has 5 rings (SSSR count). The van der Waals surface area contributed by atoms with Gasteiger partial charge in [0.2, 0.25) is 0 Å². The lowest BCUT2D eigenvalue weighted by molar-refractivity contribution is 0.0319. The summed E-state index contributed by atoms with van der Waals surface area (Å²) in [6.07, 6.45) is 6.70. The SMILES string of the molecule is Cc1ncccc1C(=O)N1CCCCC2(CO)CCN(CC2)Cc2ccccc2OCC1. The number of aliphatic hydroxyl groups is 1. The molecule has 3 aliphatic heterocycles. The number of carbonyl (C=O) groups excluding carboxylic acids is 1. The number of carbonyl (C=O) groups is 1. The van der Waals surface area contributed by atoms with Crippen LogP contribution in [0.15, 0.2) is 42.6 Å². The summed E-state index contributed by atoms with van der Waals surface area (Å²) in [4.78, 5) is 22.0. The van der Waals surface area contributed by atoms with Gasteiger partial charge in [-0.3, -0.25) is 14.7 Å². The van der Waals surface area contributed by atoms with Crippen LogP contribution in [0.5, 0.6) is 5.75 Å². The van der Waals surface area contributed by atoms with E-state index in [1.165, 1.54) is 5.56 Å². The van der Waals surface area contributed by atoms with Gasteiger partial charge in [0.05, 0.1) is 12.1 Å². The molecule has 0 saturated carbocycles. The molecule has 1 N–H and O–H groups in total. The lowest BCUT2D eigenvalue weighted by Crippen LogP contribution is -2.41. The predicted molar refractivity (Wildman–Crippen MR) is 125 cm³/mol. The van der Waals surface area contributed by atoms with Crippen LogP contribution in [0, 0.1) is 12.3 Å². The lowest BCUT2D eigenvalue weighted by Gasteiger charge is -2.41. The number of aromatic nitrogens is 1. The number of para-hydroxylation sites is 1. The Morgan fingerprint density at radius 2 is 1.88 bits per heavy atom. The topological polar surface area (TPSA) is 65.9 Å². The number of ether oxygens (including phenoxy) is 1. The van der Waals surface area contributed by atoms with Gasteiger partial charge in [-0.15, -0.1) is 0 Å². The highest BCUT2D eigenvalue weighted by molar-refractivity contribution is 5.95. The summed E-state index contributed by atoms with van der Waals surface area (Å²) in [6.45, 7) is 6.67. The zero-order chi connectivity index (χ0) is 22.4. The monoisotopic (exact) mass is 437 g/mol. The molecule has 2 aromatic rings. The van der Waals surface area contributed by atoms with Crippen molar-refractivity contribution in [3.63, 3.8) is 0 Å². The lowest BCUT2D eigenvalue weighted by atomic mass is 9.75. The van der Waals surface area contributed by atoms with Crippen LogP contribution >= 0.6 is 0 Å². The Kier molecular flexibility index (Phi) is 7.43. The molecular weight excluding hydrogens is 402 g/mol. The highest BCUT2D eigenvalue weighted by Crippen LogP contribution is 2.37. The first-order valence-corrected chi connectivity index (χ1v) is 11.9. The van der Waals surface area contributed by atoms with Crippen molar-refractivity contribution in [1.29, 1.82) is 0 Å². The Morgan fingerprint density at radius 3 is 2.66 bits per heavy atom. The van der Waals surface area contributed by atoms with Gasteiger partial charge in [0.1, 0.15) is 12.4 Å². The molecule has 0 radical (unpaired) electrons. The highest BCUT2D eigenvalue weighted by Gasteiger charge is 2.34. The van der Waals surface area contributed by atoms with Crippen molar-refractivity contribution in [2.24, 2.45) is 5.41 Å². The average molecular weight is 438 g/mol. The Bertz CT molecular complexity index is 909. The Hall–Kier alpha value is -2.44. The van der Waals surface area contributed by atoms with E-state index >= 15 is 0 Å². The third kappa shape index (κ3) is 5.30. The minimum absolute atomic E-state index is 0.0146. The zero-order valence-corrected chi connectivity index (χ0v) is 19.1. The quantitative estimate of drug-likeness (QED) is 0.777. The van der Waals surface area contributed by atoms with Gasteiger partial charge in [-0.1, -0.05) is 24.6 Å². The van der Waals surface area contributed by atoms with Crippen molar-refractivity contribution < 1.29 is 14.6 Å². The van der Waals surface area contributed by atoms with E-state index in [4.69, 9.17) is 4.74 Å². The number of hydrogen-bond acceptors (Lipinski definition) is 5. The Labute approximate surface area is 191 Å². The van der Waals surface area contributed by atoms with Crippen molar-refractivity contribution in [3.05, 3.63) is 59.4 Å². The molecule has 6 heteroatoms. The summed E-state index contributed by atoms with van der Waals surface area (Å²) in [5.41, 5.74) is 2.61. The first-order valence-electron chi connectivity index (χ1n) is 11.9. The molecule has 1 aromatic heterocycles. The van der Waals surface area contributed by atoms with E-state index in [0.717, 1.165) is 63.2 Å². The molecule has 4 heterocycles. The van der Waals surface area contributed by atoms with E-state index < -0.39 is 0 Å². The van der Waals surface area contributed by atoms with E-state index in [1.54, 1.807) is 6.20 Å². The zero-order valence-electron chi connectivity index (χ0n) is 19.1. The average Bonchev–Trinajstić information content (AvgIpc) is 2.83. The van der Waals surface area contributed by atoms with Gasteiger partial charge in [-0.25, -0.2) is 0 Å². The first kappa shape index (κ1) is 22.7. The Morgan fingerprint density at radius 1 is 1.06 bits per heavy atom. The summed E-state index contributed by atoms with van der Waals surface area (Å²) in [7, 11) is 0. The van der Waals surface area contributed by atoms with Gasteiger partial charge in [0.25, 0.3) is 5.91 Å². The van der Waals surface area contributed by atoms with Crippen LogP contribution in [0.3, 0.4) is 0 Å². The van der Waals surface area contributed by atoms with Crippen molar-refractivity contribution in [3.8, 4) is 5.75 Å². The number of aryl methyl sites for hydroxylation is 1. The summed E-state index contributed by atoms with van der Waals surface area (Å²) >= 11 is 0. The van der Waals surface area contributed by atoms with Gasteiger partial charge in [0, 0.05) is 37.2 Å². The molecule has 3 aliphatic rings. The minimum Gasteiger partial charge on any atom is -0.491 e. The van der Waals surface area contributed by atoms with Crippen molar-refractivity contribution in [2.75, 3.05) is 39.4 Å². The van der Waals surface area contributed by atoms with Gasteiger partial charge < -0.3 is 14.7 Å². The molecule has 0 aliphatic carbocycles. The Balaban J connectivity index is 1.54. The number of fused-ring (bicyclic) bond motifs is 9. The maximum absolute atomic E-state index is 13.3. The molecule has 1 fully saturated rings. The van der Waals surface area contributed by atoms with Crippen LogP contribution in [-0.4, -0.2) is 65.2 Å². The van der Waals surface area contributed by atoms with E-state index in [9.17, 15) is 9.90 Å². The normalized spacial score (nSPS) is 24.7. The maximum Gasteiger partial charge on any atom is 0.255 e. The van der Waals surface area contributed by atoms with Crippen molar-refractivity contribution in [1.82, 2.24) is 14.8 Å². The van der Waals surface area contributed by atoms with Crippen molar-refractivity contribution in [2.45, 2.75) is 45.6 Å². The maximum atomic E-state index is 13.3. The van der Waals surface area contributed by atoms with E-state index in [0.29, 0.717) is 25.3 Å². The number of benzene rings is 1. The standard InChI is InChI=1S/C26H35N3O3/c1-21-23(8-6-13-27-21)25(31)29-14-5-4-10-26(20-30)11-15-28(16-12-26)19-22-7-2-3-9-24(22)32-18-17-29/h2-3,6-9,13,30H,4-5,10-12,14-20H2,1H3. The van der Waals surface area contributed by atoms with Crippen LogP contribution in [-0.2, 0) is 6.54 Å². The fraction of sp³-hybridized carbons (Fsp3) is 0.538. The second kappa shape index (κ2) is 10.5. The fourth-order valence-corrected chi connectivity index (χ4v) is 4.95. The molecule has 6 nitrogen and oxygen atoms in total. The van der Waals surface area contributed by atoms with Gasteiger partial charge in [-0.05, 0) is 69.3 Å². The fourth-order valence-electron chi connectivity index (χ4n) is 4.95. The van der Waals surface area contributed by atoms with E-state index in [-0.39, 0.29) is 17.9 Å². The number of nitrogens with zero attached hydrogens (tertiary/aromatic N) is 3. The van der Waals surface area contributed by atoms with E-state index in [2.05, 4.69) is 22.0 Å². The molecule has 1 saturated heterocycles. The number of aliphatic hydroxyl groups excluding tert-OH is 1. The second-order valence-corrected chi connectivity index (χ2v) is 9.28. The van der Waals surface area contributed by atoms with Crippen LogP contribution in [0.2, 0.25) is 0 Å². The van der Waals surface area contributed by atoms with Gasteiger partial charge in [0.15, 0.2) is 0 Å². The largest absolute Gasteiger partial charge is 0.491 e. The van der Waals surface area contributed by atoms with Crippen LogP contribution in [0.4, 0.5) is 0 Å². The summed E-state index contributed by atoms with van der Waals surface area (Å²) in [5, 5.41) is 10.2. The van der Waals surface area contributed by atoms with Crippen LogP contribution < -0.4 is 4.74 Å². The highest BCUT2D eigenvalue weighted by atomic mass is 16.5. The van der Waals surface area contributed by atoms with Gasteiger partial charge >= 0.3 is 0 Å². The smallest absolute Gasteiger partial charge is 0.255 e.